The van der Waals surface area contributed by atoms with Gasteiger partial charge in [-0.15, -0.1) is 0 Å². The minimum absolute atomic E-state index is 0.0621. The van der Waals surface area contributed by atoms with Crippen LogP contribution < -0.4 is 20.9 Å². The summed E-state index contributed by atoms with van der Waals surface area (Å²) in [5, 5.41) is 7.81. The molecule has 1 fully saturated rings. The maximum atomic E-state index is 14.4. The maximum Gasteiger partial charge on any atom is 0.320 e. The van der Waals surface area contributed by atoms with Crippen molar-refractivity contribution in [2.75, 3.05) is 50.0 Å². The molecule has 3 heterocycles. The molecule has 0 aliphatic carbocycles. The van der Waals surface area contributed by atoms with Gasteiger partial charge in [0.25, 0.3) is 5.91 Å². The van der Waals surface area contributed by atoms with Gasteiger partial charge in [0.1, 0.15) is 11.5 Å². The van der Waals surface area contributed by atoms with E-state index >= 15 is 0 Å². The van der Waals surface area contributed by atoms with Crippen LogP contribution in [0.3, 0.4) is 0 Å². The van der Waals surface area contributed by atoms with Gasteiger partial charge in [-0.1, -0.05) is 0 Å². The van der Waals surface area contributed by atoms with Gasteiger partial charge in [-0.2, -0.15) is 4.39 Å². The van der Waals surface area contributed by atoms with Crippen LogP contribution in [0.5, 0.6) is 0 Å². The van der Waals surface area contributed by atoms with Crippen molar-refractivity contribution >= 4 is 23.4 Å². The van der Waals surface area contributed by atoms with Crippen molar-refractivity contribution in [2.45, 2.75) is 13.5 Å². The predicted molar refractivity (Wildman–Crippen MR) is 112 cm³/mol. The lowest BCUT2D eigenvalue weighted by atomic mass is 10.2. The van der Waals surface area contributed by atoms with E-state index in [4.69, 9.17) is 0 Å². The average Bonchev–Trinajstić information content (AvgIpc) is 2.74. The van der Waals surface area contributed by atoms with Crippen molar-refractivity contribution in [3.05, 3.63) is 47.7 Å². The van der Waals surface area contributed by atoms with Crippen molar-refractivity contribution in [3.8, 4) is 0 Å². The summed E-state index contributed by atoms with van der Waals surface area (Å²) in [5.74, 6) is -0.551. The van der Waals surface area contributed by atoms with Crippen LogP contribution >= 0.6 is 0 Å². The Labute approximate surface area is 174 Å². The quantitative estimate of drug-likeness (QED) is 0.617. The number of piperazine rings is 1. The SMILES string of the molecule is CCNC(=O)Nc1cc(CN2CCN(c3ccc(C(=O)NC)nc3F)CC2)ccn1. The number of hydrogen-bond acceptors (Lipinski definition) is 6. The first-order valence-corrected chi connectivity index (χ1v) is 9.86. The van der Waals surface area contributed by atoms with E-state index in [-0.39, 0.29) is 11.7 Å². The molecule has 0 aromatic carbocycles. The van der Waals surface area contributed by atoms with Crippen molar-refractivity contribution in [2.24, 2.45) is 0 Å². The Morgan fingerprint density at radius 1 is 1.17 bits per heavy atom. The highest BCUT2D eigenvalue weighted by Gasteiger charge is 2.21. The Morgan fingerprint density at radius 3 is 2.60 bits per heavy atom. The second kappa shape index (κ2) is 9.97. The molecule has 2 aromatic heterocycles. The molecule has 0 radical (unpaired) electrons. The van der Waals surface area contributed by atoms with E-state index in [2.05, 4.69) is 30.8 Å². The molecule has 2 aromatic rings. The van der Waals surface area contributed by atoms with Gasteiger partial charge in [0.05, 0.1) is 5.69 Å². The fourth-order valence-electron chi connectivity index (χ4n) is 3.28. The third kappa shape index (κ3) is 5.41. The molecule has 0 bridgehead atoms. The molecule has 9 nitrogen and oxygen atoms in total. The molecule has 10 heteroatoms. The number of carbonyl (C=O) groups is 2. The van der Waals surface area contributed by atoms with Crippen LogP contribution in [0.2, 0.25) is 0 Å². The second-order valence-corrected chi connectivity index (χ2v) is 6.88. The number of amides is 3. The Kier molecular flexibility index (Phi) is 7.12. The van der Waals surface area contributed by atoms with Gasteiger partial charge in [-0.25, -0.2) is 14.8 Å². The third-order valence-electron chi connectivity index (χ3n) is 4.81. The maximum absolute atomic E-state index is 14.4. The highest BCUT2D eigenvalue weighted by molar-refractivity contribution is 5.92. The zero-order chi connectivity index (χ0) is 21.5. The lowest BCUT2D eigenvalue weighted by Crippen LogP contribution is -2.46. The number of anilines is 2. The normalized spacial score (nSPS) is 14.3. The first kappa shape index (κ1) is 21.4. The van der Waals surface area contributed by atoms with Crippen LogP contribution in [0.4, 0.5) is 20.7 Å². The molecular formula is C20H26FN7O2. The van der Waals surface area contributed by atoms with E-state index < -0.39 is 11.9 Å². The molecular weight excluding hydrogens is 389 g/mol. The number of nitrogens with zero attached hydrogens (tertiary/aromatic N) is 4. The molecule has 1 aliphatic rings. The van der Waals surface area contributed by atoms with Gasteiger partial charge in [0.15, 0.2) is 0 Å². The molecule has 3 N–H and O–H groups in total. The van der Waals surface area contributed by atoms with Crippen LogP contribution in [-0.2, 0) is 6.54 Å². The van der Waals surface area contributed by atoms with E-state index in [1.54, 1.807) is 12.3 Å². The number of nitrogens with one attached hydrogen (secondary N) is 3. The molecule has 3 amide bonds. The molecule has 30 heavy (non-hydrogen) atoms. The highest BCUT2D eigenvalue weighted by Crippen LogP contribution is 2.21. The van der Waals surface area contributed by atoms with Crippen molar-refractivity contribution in [3.63, 3.8) is 0 Å². The first-order chi connectivity index (χ1) is 14.5. The molecule has 0 atom stereocenters. The molecule has 3 rings (SSSR count). The first-order valence-electron chi connectivity index (χ1n) is 9.86. The Balaban J connectivity index is 1.56. The van der Waals surface area contributed by atoms with Crippen LogP contribution in [0.25, 0.3) is 0 Å². The Hall–Kier alpha value is -3.27. The molecule has 1 aliphatic heterocycles. The fourth-order valence-corrected chi connectivity index (χ4v) is 3.28. The number of urea groups is 1. The third-order valence-corrected chi connectivity index (χ3v) is 4.81. The summed E-state index contributed by atoms with van der Waals surface area (Å²) in [7, 11) is 1.48. The lowest BCUT2D eigenvalue weighted by molar-refractivity contribution is 0.0957. The highest BCUT2D eigenvalue weighted by atomic mass is 19.1. The summed E-state index contributed by atoms with van der Waals surface area (Å²) in [6, 6.07) is 6.61. The smallest absolute Gasteiger partial charge is 0.320 e. The van der Waals surface area contributed by atoms with Crippen LogP contribution in [0.1, 0.15) is 23.0 Å². The van der Waals surface area contributed by atoms with Gasteiger partial charge in [0.2, 0.25) is 5.95 Å². The minimum Gasteiger partial charge on any atom is -0.365 e. The van der Waals surface area contributed by atoms with Gasteiger partial charge in [-0.05, 0) is 36.8 Å². The average molecular weight is 415 g/mol. The molecule has 1 saturated heterocycles. The summed E-state index contributed by atoms with van der Waals surface area (Å²) < 4.78 is 14.4. The summed E-state index contributed by atoms with van der Waals surface area (Å²) in [4.78, 5) is 35.4. The molecule has 160 valence electrons. The summed E-state index contributed by atoms with van der Waals surface area (Å²) in [6.07, 6.45) is 1.67. The van der Waals surface area contributed by atoms with Gasteiger partial charge < -0.3 is 15.5 Å². The standard InChI is InChI=1S/C20H26FN7O2/c1-3-23-20(30)26-17-12-14(6-7-24-17)13-27-8-10-28(11-9-27)16-5-4-15(19(29)22-2)25-18(16)21/h4-7,12H,3,8-11,13H2,1-2H3,(H,22,29)(H2,23,24,26,30). The number of rotatable bonds is 6. The van der Waals surface area contributed by atoms with Crippen molar-refractivity contribution in [1.82, 2.24) is 25.5 Å². The predicted octanol–water partition coefficient (Wildman–Crippen LogP) is 1.44. The van der Waals surface area contributed by atoms with Crippen LogP contribution in [-0.4, -0.2) is 66.6 Å². The van der Waals surface area contributed by atoms with E-state index in [0.717, 1.165) is 18.7 Å². The van der Waals surface area contributed by atoms with Gasteiger partial charge >= 0.3 is 6.03 Å². The van der Waals surface area contributed by atoms with E-state index in [1.165, 1.54) is 13.1 Å². The number of carbonyl (C=O) groups excluding carboxylic acids is 2. The zero-order valence-electron chi connectivity index (χ0n) is 17.1. The van der Waals surface area contributed by atoms with Gasteiger partial charge in [-0.3, -0.25) is 15.0 Å². The Bertz CT molecular complexity index is 900. The van der Waals surface area contributed by atoms with Crippen molar-refractivity contribution < 1.29 is 14.0 Å². The van der Waals surface area contributed by atoms with E-state index in [9.17, 15) is 14.0 Å². The van der Waals surface area contributed by atoms with Crippen LogP contribution in [0.15, 0.2) is 30.5 Å². The number of aromatic nitrogens is 2. The summed E-state index contributed by atoms with van der Waals surface area (Å²) >= 11 is 0. The minimum atomic E-state index is -0.639. The second-order valence-electron chi connectivity index (χ2n) is 6.88. The molecule has 0 saturated carbocycles. The topological polar surface area (TPSA) is 102 Å². The van der Waals surface area contributed by atoms with Gasteiger partial charge in [0, 0.05) is 52.5 Å². The largest absolute Gasteiger partial charge is 0.365 e. The number of pyridine rings is 2. The molecule has 0 unspecified atom stereocenters. The monoisotopic (exact) mass is 415 g/mol. The number of hydrogen-bond donors (Lipinski definition) is 3. The van der Waals surface area contributed by atoms with Crippen LogP contribution in [0, 0.1) is 5.95 Å². The summed E-state index contributed by atoms with van der Waals surface area (Å²) in [5.41, 5.74) is 1.50. The summed E-state index contributed by atoms with van der Waals surface area (Å²) in [6.45, 7) is 5.88. The lowest BCUT2D eigenvalue weighted by Gasteiger charge is -2.36. The van der Waals surface area contributed by atoms with E-state index in [0.29, 0.717) is 37.7 Å². The Morgan fingerprint density at radius 2 is 1.93 bits per heavy atom. The van der Waals surface area contributed by atoms with E-state index in [1.807, 2.05) is 24.0 Å². The number of halogens is 1. The molecule has 0 spiro atoms. The fraction of sp³-hybridized carbons (Fsp3) is 0.400. The zero-order valence-corrected chi connectivity index (χ0v) is 17.1. The van der Waals surface area contributed by atoms with Crippen molar-refractivity contribution in [1.29, 1.82) is 0 Å².